The summed E-state index contributed by atoms with van der Waals surface area (Å²) in [5.41, 5.74) is -3.05. The molecule has 0 atom stereocenters. The van der Waals surface area contributed by atoms with E-state index in [1.165, 1.54) is 0 Å². The van der Waals surface area contributed by atoms with Crippen LogP contribution in [0, 0.1) is 17.3 Å². The third kappa shape index (κ3) is 1.88. The van der Waals surface area contributed by atoms with Gasteiger partial charge in [0.2, 0.25) is 5.95 Å². The molecular formula is C8H3F3N2O2. The van der Waals surface area contributed by atoms with E-state index >= 15 is 0 Å². The molecule has 0 saturated carbocycles. The summed E-state index contributed by atoms with van der Waals surface area (Å²) in [5.74, 6) is -3.09. The van der Waals surface area contributed by atoms with Gasteiger partial charge in [0.1, 0.15) is 11.6 Å². The van der Waals surface area contributed by atoms with Crippen LogP contribution in [0.5, 0.6) is 0 Å². The zero-order chi connectivity index (χ0) is 11.6. The molecule has 0 bridgehead atoms. The number of hydrogen-bond donors (Lipinski definition) is 1. The first-order valence-electron chi connectivity index (χ1n) is 3.59. The normalized spacial score (nSPS) is 10.1. The minimum Gasteiger partial charge on any atom is -0.478 e. The largest absolute Gasteiger partial charge is 0.478 e. The Bertz CT molecular complexity index is 454. The molecule has 0 spiro atoms. The van der Waals surface area contributed by atoms with Crippen molar-refractivity contribution in [2.24, 2.45) is 0 Å². The van der Waals surface area contributed by atoms with Crippen molar-refractivity contribution in [1.82, 2.24) is 4.98 Å². The third-order valence-electron chi connectivity index (χ3n) is 1.63. The van der Waals surface area contributed by atoms with Gasteiger partial charge in [0.15, 0.2) is 0 Å². The van der Waals surface area contributed by atoms with E-state index in [1.54, 1.807) is 0 Å². The minimum absolute atomic E-state index is 0.458. The number of carbonyl (C=O) groups is 1. The molecule has 78 valence electrons. The van der Waals surface area contributed by atoms with Gasteiger partial charge in [0.05, 0.1) is 11.1 Å². The van der Waals surface area contributed by atoms with Crippen molar-refractivity contribution in [3.63, 3.8) is 0 Å². The van der Waals surface area contributed by atoms with E-state index in [9.17, 15) is 18.0 Å². The second-order valence-electron chi connectivity index (χ2n) is 2.47. The molecule has 0 fully saturated rings. The smallest absolute Gasteiger partial charge is 0.337 e. The van der Waals surface area contributed by atoms with E-state index in [4.69, 9.17) is 10.4 Å². The van der Waals surface area contributed by atoms with Crippen molar-refractivity contribution < 1.29 is 23.1 Å². The lowest BCUT2D eigenvalue weighted by Gasteiger charge is -2.06. The predicted octanol–water partition coefficient (Wildman–Crippen LogP) is 1.73. The SMILES string of the molecule is N#Cc1c(F)ncc(C(=O)O)c1C(F)F. The fraction of sp³-hybridized carbons (Fsp3) is 0.125. The van der Waals surface area contributed by atoms with E-state index in [0.29, 0.717) is 6.20 Å². The number of aromatic nitrogens is 1. The summed E-state index contributed by atoms with van der Waals surface area (Å²) < 4.78 is 37.6. The minimum atomic E-state index is -3.25. The predicted molar refractivity (Wildman–Crippen MR) is 40.8 cm³/mol. The van der Waals surface area contributed by atoms with Crippen molar-refractivity contribution in [1.29, 1.82) is 5.26 Å². The molecule has 15 heavy (non-hydrogen) atoms. The second-order valence-corrected chi connectivity index (χ2v) is 2.47. The van der Waals surface area contributed by atoms with E-state index in [-0.39, 0.29) is 0 Å². The molecule has 1 aromatic heterocycles. The Kier molecular flexibility index (Phi) is 2.90. The van der Waals surface area contributed by atoms with Crippen molar-refractivity contribution in [3.05, 3.63) is 28.8 Å². The molecule has 0 amide bonds. The number of pyridine rings is 1. The summed E-state index contributed by atoms with van der Waals surface area (Å²) in [5, 5.41) is 16.9. The first kappa shape index (κ1) is 11.0. The lowest BCUT2D eigenvalue weighted by Crippen LogP contribution is -2.08. The Hall–Kier alpha value is -2.10. The highest BCUT2D eigenvalue weighted by Crippen LogP contribution is 2.27. The van der Waals surface area contributed by atoms with Crippen LogP contribution in [-0.4, -0.2) is 16.1 Å². The highest BCUT2D eigenvalue weighted by Gasteiger charge is 2.25. The van der Waals surface area contributed by atoms with Crippen LogP contribution < -0.4 is 0 Å². The Labute approximate surface area is 81.6 Å². The molecule has 0 saturated heterocycles. The maximum atomic E-state index is 12.8. The lowest BCUT2D eigenvalue weighted by molar-refractivity contribution is 0.0683. The number of hydrogen-bond acceptors (Lipinski definition) is 3. The fourth-order valence-electron chi connectivity index (χ4n) is 1.00. The summed E-state index contributed by atoms with van der Waals surface area (Å²) in [6, 6.07) is 1.16. The van der Waals surface area contributed by atoms with Crippen LogP contribution in [0.25, 0.3) is 0 Å². The number of carboxylic acids is 1. The Morgan fingerprint density at radius 2 is 2.20 bits per heavy atom. The molecule has 1 N–H and O–H groups in total. The maximum Gasteiger partial charge on any atom is 0.337 e. The van der Waals surface area contributed by atoms with E-state index in [1.807, 2.05) is 0 Å². The molecule has 4 nitrogen and oxygen atoms in total. The van der Waals surface area contributed by atoms with Crippen LogP contribution in [0.1, 0.15) is 27.9 Å². The molecule has 0 unspecified atom stereocenters. The second kappa shape index (κ2) is 3.96. The van der Waals surface area contributed by atoms with Gasteiger partial charge in [-0.2, -0.15) is 9.65 Å². The molecule has 1 aromatic rings. The molecule has 7 heteroatoms. The molecule has 1 heterocycles. The van der Waals surface area contributed by atoms with Crippen LogP contribution in [-0.2, 0) is 0 Å². The zero-order valence-electron chi connectivity index (χ0n) is 7.04. The first-order valence-corrected chi connectivity index (χ1v) is 3.59. The average molecular weight is 216 g/mol. The summed E-state index contributed by atoms with van der Waals surface area (Å²) in [6.45, 7) is 0. The zero-order valence-corrected chi connectivity index (χ0v) is 7.04. The highest BCUT2D eigenvalue weighted by atomic mass is 19.3. The van der Waals surface area contributed by atoms with Crippen molar-refractivity contribution in [2.45, 2.75) is 6.43 Å². The van der Waals surface area contributed by atoms with Gasteiger partial charge in [0.25, 0.3) is 6.43 Å². The number of rotatable bonds is 2. The van der Waals surface area contributed by atoms with Crippen molar-refractivity contribution in [3.8, 4) is 6.07 Å². The number of alkyl halides is 2. The summed E-state index contributed by atoms with van der Waals surface area (Å²) in [7, 11) is 0. The van der Waals surface area contributed by atoms with E-state index in [0.717, 1.165) is 6.07 Å². The van der Waals surface area contributed by atoms with Crippen molar-refractivity contribution >= 4 is 5.97 Å². The van der Waals surface area contributed by atoms with Crippen LogP contribution in [0.3, 0.4) is 0 Å². The highest BCUT2D eigenvalue weighted by molar-refractivity contribution is 5.89. The maximum absolute atomic E-state index is 12.8. The standard InChI is InChI=1S/C8H3F3N2O2/c9-6(10)5-3(1-12)7(11)13-2-4(5)8(14)15/h2,6H,(H,14,15). The first-order chi connectivity index (χ1) is 6.99. The molecule has 0 aliphatic carbocycles. The van der Waals surface area contributed by atoms with Crippen LogP contribution >= 0.6 is 0 Å². The van der Waals surface area contributed by atoms with Crippen LogP contribution in [0.4, 0.5) is 13.2 Å². The fourth-order valence-corrected chi connectivity index (χ4v) is 1.00. The van der Waals surface area contributed by atoms with Crippen molar-refractivity contribution in [2.75, 3.05) is 0 Å². The molecule has 1 rings (SSSR count). The summed E-state index contributed by atoms with van der Waals surface area (Å²) in [6.07, 6.45) is -2.79. The van der Waals surface area contributed by atoms with Gasteiger partial charge in [0, 0.05) is 6.20 Å². The quantitative estimate of drug-likeness (QED) is 0.764. The van der Waals surface area contributed by atoms with Gasteiger partial charge in [-0.1, -0.05) is 0 Å². The molecule has 0 radical (unpaired) electrons. The van der Waals surface area contributed by atoms with E-state index < -0.39 is 35.0 Å². The van der Waals surface area contributed by atoms with Gasteiger partial charge in [-0.25, -0.2) is 18.6 Å². The molecule has 0 aliphatic heterocycles. The molecule has 0 aliphatic rings. The number of halogens is 3. The van der Waals surface area contributed by atoms with Gasteiger partial charge < -0.3 is 5.11 Å². The Morgan fingerprint density at radius 1 is 1.60 bits per heavy atom. The Morgan fingerprint density at radius 3 is 2.60 bits per heavy atom. The monoisotopic (exact) mass is 216 g/mol. The molecule has 0 aromatic carbocycles. The van der Waals surface area contributed by atoms with Gasteiger partial charge in [-0.15, -0.1) is 0 Å². The molecular weight excluding hydrogens is 213 g/mol. The lowest BCUT2D eigenvalue weighted by atomic mass is 10.1. The topological polar surface area (TPSA) is 74.0 Å². The van der Waals surface area contributed by atoms with Gasteiger partial charge >= 0.3 is 5.97 Å². The van der Waals surface area contributed by atoms with Gasteiger partial charge in [-0.05, 0) is 0 Å². The third-order valence-corrected chi connectivity index (χ3v) is 1.63. The number of nitriles is 1. The summed E-state index contributed by atoms with van der Waals surface area (Å²) >= 11 is 0. The average Bonchev–Trinajstić information content (AvgIpc) is 2.16. The van der Waals surface area contributed by atoms with Crippen LogP contribution in [0.15, 0.2) is 6.20 Å². The Balaban J connectivity index is 3.58. The number of carboxylic acid groups (broad SMARTS) is 1. The number of aromatic carboxylic acids is 1. The summed E-state index contributed by atoms with van der Waals surface area (Å²) in [4.78, 5) is 13.4. The van der Waals surface area contributed by atoms with Gasteiger partial charge in [-0.3, -0.25) is 0 Å². The van der Waals surface area contributed by atoms with E-state index in [2.05, 4.69) is 4.98 Å². The van der Waals surface area contributed by atoms with Crippen LogP contribution in [0.2, 0.25) is 0 Å². The number of nitrogens with zero attached hydrogens (tertiary/aromatic N) is 2.